The molecular formula is C22H19N3O. The highest BCUT2D eigenvalue weighted by Gasteiger charge is 2.13. The summed E-state index contributed by atoms with van der Waals surface area (Å²) in [6, 6.07) is 22.0. The number of rotatable bonds is 6. The molecule has 4 rings (SSSR count). The molecule has 0 atom stereocenters. The van der Waals surface area contributed by atoms with E-state index in [2.05, 4.69) is 28.2 Å². The van der Waals surface area contributed by atoms with E-state index in [9.17, 15) is 4.79 Å². The van der Waals surface area contributed by atoms with Crippen molar-refractivity contribution in [2.45, 2.75) is 19.3 Å². The second-order valence-electron chi connectivity index (χ2n) is 6.28. The Morgan fingerprint density at radius 2 is 1.62 bits per heavy atom. The van der Waals surface area contributed by atoms with E-state index in [4.69, 9.17) is 0 Å². The summed E-state index contributed by atoms with van der Waals surface area (Å²) >= 11 is 0. The maximum absolute atomic E-state index is 12.4. The Kier molecular flexibility index (Phi) is 4.56. The number of aryl methyl sites for hydroxylation is 1. The average Bonchev–Trinajstić information content (AvgIpc) is 3.06. The number of ketones is 1. The van der Waals surface area contributed by atoms with Crippen LogP contribution >= 0.6 is 0 Å². The maximum Gasteiger partial charge on any atom is 0.234 e. The van der Waals surface area contributed by atoms with Gasteiger partial charge in [-0.2, -0.15) is 0 Å². The van der Waals surface area contributed by atoms with Crippen LogP contribution in [-0.2, 0) is 17.6 Å². The van der Waals surface area contributed by atoms with E-state index in [0.29, 0.717) is 25.2 Å². The van der Waals surface area contributed by atoms with Crippen LogP contribution in [-0.4, -0.2) is 20.3 Å². The van der Waals surface area contributed by atoms with Gasteiger partial charge in [-0.3, -0.25) is 9.36 Å². The molecule has 2 heterocycles. The molecule has 0 saturated heterocycles. The van der Waals surface area contributed by atoms with Crippen molar-refractivity contribution in [3.8, 4) is 5.95 Å². The number of benzene rings is 2. The predicted molar refractivity (Wildman–Crippen MR) is 102 cm³/mol. The lowest BCUT2D eigenvalue weighted by molar-refractivity contribution is -0.118. The molecule has 0 bridgehead atoms. The first-order chi connectivity index (χ1) is 12.8. The van der Waals surface area contributed by atoms with Gasteiger partial charge in [-0.05, 0) is 30.2 Å². The van der Waals surface area contributed by atoms with Crippen molar-refractivity contribution in [3.63, 3.8) is 0 Å². The molecule has 0 unspecified atom stereocenters. The minimum Gasteiger partial charge on any atom is -0.299 e. The van der Waals surface area contributed by atoms with Gasteiger partial charge in [0.15, 0.2) is 0 Å². The van der Waals surface area contributed by atoms with Gasteiger partial charge in [0.1, 0.15) is 5.78 Å². The normalized spacial score (nSPS) is 10.9. The summed E-state index contributed by atoms with van der Waals surface area (Å²) in [6.45, 7) is 0. The van der Waals surface area contributed by atoms with Crippen LogP contribution in [0.15, 0.2) is 79.1 Å². The zero-order chi connectivity index (χ0) is 17.8. The summed E-state index contributed by atoms with van der Waals surface area (Å²) in [4.78, 5) is 21.2. The van der Waals surface area contributed by atoms with Crippen LogP contribution in [0.3, 0.4) is 0 Å². The number of carbonyl (C=O) groups excluding carboxylic acids is 1. The van der Waals surface area contributed by atoms with Crippen LogP contribution in [0, 0.1) is 0 Å². The quantitative estimate of drug-likeness (QED) is 0.529. The first-order valence-electron chi connectivity index (χ1n) is 8.73. The van der Waals surface area contributed by atoms with E-state index >= 15 is 0 Å². The highest BCUT2D eigenvalue weighted by Crippen LogP contribution is 2.23. The van der Waals surface area contributed by atoms with Crippen molar-refractivity contribution < 1.29 is 4.79 Å². The smallest absolute Gasteiger partial charge is 0.234 e. The summed E-state index contributed by atoms with van der Waals surface area (Å²) in [5.74, 6) is 0.876. The van der Waals surface area contributed by atoms with E-state index in [0.717, 1.165) is 22.2 Å². The monoisotopic (exact) mass is 341 g/mol. The molecule has 0 radical (unpaired) electrons. The highest BCUT2D eigenvalue weighted by molar-refractivity contribution is 5.84. The summed E-state index contributed by atoms with van der Waals surface area (Å²) in [5.41, 5.74) is 3.17. The molecule has 0 N–H and O–H groups in total. The first-order valence-corrected chi connectivity index (χ1v) is 8.73. The number of aromatic nitrogens is 3. The molecule has 0 aliphatic carbocycles. The minimum atomic E-state index is 0.238. The molecule has 4 aromatic rings. The van der Waals surface area contributed by atoms with E-state index in [1.807, 2.05) is 47.0 Å². The standard InChI is InChI=1S/C22H19N3O/c26-20(15-17-7-2-1-3-8-17)12-11-19-16-18-9-4-5-10-21(18)25(19)22-23-13-6-14-24-22/h1-10,13-14,16H,11-12,15H2. The molecule has 0 aliphatic rings. The zero-order valence-corrected chi connectivity index (χ0v) is 14.4. The Morgan fingerprint density at radius 1 is 0.885 bits per heavy atom. The number of Topliss-reactive ketones (excluding diaryl/α,β-unsaturated/α-hetero) is 1. The third-order valence-electron chi connectivity index (χ3n) is 4.44. The summed E-state index contributed by atoms with van der Waals surface area (Å²) < 4.78 is 2.05. The van der Waals surface area contributed by atoms with Gasteiger partial charge in [-0.15, -0.1) is 0 Å². The van der Waals surface area contributed by atoms with Crippen molar-refractivity contribution in [1.29, 1.82) is 0 Å². The summed E-state index contributed by atoms with van der Waals surface area (Å²) in [7, 11) is 0. The average molecular weight is 341 g/mol. The van der Waals surface area contributed by atoms with Crippen LogP contribution < -0.4 is 0 Å². The number of carbonyl (C=O) groups is 1. The third-order valence-corrected chi connectivity index (χ3v) is 4.44. The Hall–Kier alpha value is -3.27. The topological polar surface area (TPSA) is 47.8 Å². The fourth-order valence-corrected chi connectivity index (χ4v) is 3.22. The van der Waals surface area contributed by atoms with Crippen molar-refractivity contribution >= 4 is 16.7 Å². The lowest BCUT2D eigenvalue weighted by Gasteiger charge is -2.08. The molecule has 0 spiro atoms. The van der Waals surface area contributed by atoms with Gasteiger partial charge in [0.05, 0.1) is 5.52 Å². The largest absolute Gasteiger partial charge is 0.299 e. The minimum absolute atomic E-state index is 0.238. The fraction of sp³-hybridized carbons (Fsp3) is 0.136. The number of fused-ring (bicyclic) bond motifs is 1. The van der Waals surface area contributed by atoms with Gasteiger partial charge in [0.2, 0.25) is 5.95 Å². The second-order valence-corrected chi connectivity index (χ2v) is 6.28. The van der Waals surface area contributed by atoms with Crippen LogP contribution in [0.1, 0.15) is 17.7 Å². The third kappa shape index (κ3) is 3.40. The maximum atomic E-state index is 12.4. The van der Waals surface area contributed by atoms with Crippen LogP contribution in [0.2, 0.25) is 0 Å². The molecule has 4 heteroatoms. The van der Waals surface area contributed by atoms with E-state index < -0.39 is 0 Å². The lowest BCUT2D eigenvalue weighted by atomic mass is 10.0. The molecule has 0 amide bonds. The van der Waals surface area contributed by atoms with Crippen LogP contribution in [0.4, 0.5) is 0 Å². The molecule has 4 nitrogen and oxygen atoms in total. The van der Waals surface area contributed by atoms with Gasteiger partial charge < -0.3 is 0 Å². The molecule has 0 saturated carbocycles. The number of para-hydroxylation sites is 1. The number of nitrogens with zero attached hydrogens (tertiary/aromatic N) is 3. The van der Waals surface area contributed by atoms with Crippen LogP contribution in [0.5, 0.6) is 0 Å². The Bertz CT molecular complexity index is 1020. The van der Waals surface area contributed by atoms with E-state index in [-0.39, 0.29) is 5.78 Å². The molecule has 0 fully saturated rings. The van der Waals surface area contributed by atoms with Crippen LogP contribution in [0.25, 0.3) is 16.9 Å². The van der Waals surface area contributed by atoms with Crippen molar-refractivity contribution in [3.05, 3.63) is 90.4 Å². The lowest BCUT2D eigenvalue weighted by Crippen LogP contribution is -2.08. The second kappa shape index (κ2) is 7.31. The number of hydrogen-bond donors (Lipinski definition) is 0. The van der Waals surface area contributed by atoms with Gasteiger partial charge in [-0.1, -0.05) is 48.5 Å². The molecule has 0 aliphatic heterocycles. The van der Waals surface area contributed by atoms with Crippen molar-refractivity contribution in [2.24, 2.45) is 0 Å². The zero-order valence-electron chi connectivity index (χ0n) is 14.4. The van der Waals surface area contributed by atoms with Gasteiger partial charge in [0.25, 0.3) is 0 Å². The Balaban J connectivity index is 1.59. The van der Waals surface area contributed by atoms with Gasteiger partial charge >= 0.3 is 0 Å². The summed E-state index contributed by atoms with van der Waals surface area (Å²) in [6.07, 6.45) is 5.11. The van der Waals surface area contributed by atoms with E-state index in [1.54, 1.807) is 18.5 Å². The Morgan fingerprint density at radius 3 is 2.42 bits per heavy atom. The summed E-state index contributed by atoms with van der Waals surface area (Å²) in [5, 5.41) is 1.13. The molecular weight excluding hydrogens is 322 g/mol. The highest BCUT2D eigenvalue weighted by atomic mass is 16.1. The molecule has 2 aromatic carbocycles. The van der Waals surface area contributed by atoms with Gasteiger partial charge in [-0.25, -0.2) is 9.97 Å². The predicted octanol–water partition coefficient (Wildman–Crippen LogP) is 4.16. The SMILES string of the molecule is O=C(CCc1cc2ccccc2n1-c1ncccn1)Cc1ccccc1. The first kappa shape index (κ1) is 16.2. The van der Waals surface area contributed by atoms with E-state index in [1.165, 1.54) is 0 Å². The number of hydrogen-bond acceptors (Lipinski definition) is 3. The molecule has 128 valence electrons. The molecule has 2 aromatic heterocycles. The Labute approximate surface area is 152 Å². The van der Waals surface area contributed by atoms with Gasteiger partial charge in [0, 0.05) is 36.3 Å². The van der Waals surface area contributed by atoms with Crippen molar-refractivity contribution in [2.75, 3.05) is 0 Å². The molecule has 26 heavy (non-hydrogen) atoms. The van der Waals surface area contributed by atoms with Crippen molar-refractivity contribution in [1.82, 2.24) is 14.5 Å². The fourth-order valence-electron chi connectivity index (χ4n) is 3.22.